The summed E-state index contributed by atoms with van der Waals surface area (Å²) in [4.78, 5) is 11.4. The average molecular weight is 303 g/mol. The van der Waals surface area contributed by atoms with Gasteiger partial charge in [0.05, 0.1) is 26.4 Å². The Balaban J connectivity index is 3.06. The molecule has 5 nitrogen and oxygen atoms in total. The highest BCUT2D eigenvalue weighted by atomic mass is 16.5. The van der Waals surface area contributed by atoms with Gasteiger partial charge in [-0.1, -0.05) is 26.7 Å². The largest absolute Gasteiger partial charge is 0.379 e. The zero-order valence-electron chi connectivity index (χ0n) is 13.8. The third kappa shape index (κ3) is 17.3. The highest BCUT2D eigenvalue weighted by Gasteiger charge is 1.99. The number of unbranched alkanes of at least 4 members (excludes halogenated alkanes) is 2. The van der Waals surface area contributed by atoms with Gasteiger partial charge in [-0.05, 0) is 19.3 Å². The Morgan fingerprint density at radius 2 is 1.38 bits per heavy atom. The van der Waals surface area contributed by atoms with Gasteiger partial charge in [0.15, 0.2) is 0 Å². The van der Waals surface area contributed by atoms with Crippen LogP contribution in [0, 0.1) is 0 Å². The van der Waals surface area contributed by atoms with Crippen molar-refractivity contribution >= 4 is 5.91 Å². The van der Waals surface area contributed by atoms with E-state index in [0.29, 0.717) is 46.0 Å². The second-order valence-corrected chi connectivity index (χ2v) is 5.00. The van der Waals surface area contributed by atoms with Crippen molar-refractivity contribution in [1.29, 1.82) is 0 Å². The van der Waals surface area contributed by atoms with Crippen molar-refractivity contribution in [2.45, 2.75) is 52.4 Å². The van der Waals surface area contributed by atoms with Crippen LogP contribution in [0.3, 0.4) is 0 Å². The lowest BCUT2D eigenvalue weighted by Gasteiger charge is -2.07. The second-order valence-electron chi connectivity index (χ2n) is 5.00. The zero-order chi connectivity index (χ0) is 15.6. The summed E-state index contributed by atoms with van der Waals surface area (Å²) in [5, 5.41) is 2.91. The number of hydrogen-bond donors (Lipinski definition) is 1. The van der Waals surface area contributed by atoms with Crippen LogP contribution < -0.4 is 5.32 Å². The molecule has 0 aliphatic rings. The van der Waals surface area contributed by atoms with E-state index < -0.39 is 0 Å². The molecule has 0 aromatic heterocycles. The molecular weight excluding hydrogens is 270 g/mol. The summed E-state index contributed by atoms with van der Waals surface area (Å²) in [5.74, 6) is 0.152. The molecule has 0 saturated carbocycles. The summed E-state index contributed by atoms with van der Waals surface area (Å²) in [6.07, 6.45) is 5.78. The molecular formula is C16H33NO4. The van der Waals surface area contributed by atoms with E-state index in [0.717, 1.165) is 38.7 Å². The SMILES string of the molecule is CCCCCC(=O)NCCCOCCOCCOCCC. The van der Waals surface area contributed by atoms with Gasteiger partial charge in [-0.25, -0.2) is 0 Å². The van der Waals surface area contributed by atoms with Crippen LogP contribution in [0.5, 0.6) is 0 Å². The van der Waals surface area contributed by atoms with Gasteiger partial charge in [-0.2, -0.15) is 0 Å². The Labute approximate surface area is 129 Å². The molecule has 0 heterocycles. The normalized spacial score (nSPS) is 10.8. The Bertz CT molecular complexity index is 224. The molecule has 0 aliphatic carbocycles. The third-order valence-electron chi connectivity index (χ3n) is 2.89. The summed E-state index contributed by atoms with van der Waals surface area (Å²) in [6, 6.07) is 0. The first kappa shape index (κ1) is 20.3. The maximum absolute atomic E-state index is 11.4. The molecule has 5 heteroatoms. The second kappa shape index (κ2) is 17.4. The van der Waals surface area contributed by atoms with Gasteiger partial charge < -0.3 is 19.5 Å². The Morgan fingerprint density at radius 1 is 0.762 bits per heavy atom. The minimum absolute atomic E-state index is 0.152. The number of rotatable bonds is 16. The van der Waals surface area contributed by atoms with Crippen molar-refractivity contribution in [1.82, 2.24) is 5.32 Å². The lowest BCUT2D eigenvalue weighted by molar-refractivity contribution is -0.121. The predicted molar refractivity (Wildman–Crippen MR) is 84.5 cm³/mol. The summed E-state index contributed by atoms with van der Waals surface area (Å²) in [6.45, 7) is 8.83. The molecule has 0 atom stereocenters. The Morgan fingerprint density at radius 3 is 2.00 bits per heavy atom. The van der Waals surface area contributed by atoms with Crippen molar-refractivity contribution in [2.24, 2.45) is 0 Å². The van der Waals surface area contributed by atoms with Gasteiger partial charge in [0.25, 0.3) is 0 Å². The van der Waals surface area contributed by atoms with Gasteiger partial charge in [0, 0.05) is 26.2 Å². The van der Waals surface area contributed by atoms with Crippen LogP contribution in [0.1, 0.15) is 52.4 Å². The minimum atomic E-state index is 0.152. The molecule has 126 valence electrons. The zero-order valence-corrected chi connectivity index (χ0v) is 13.8. The molecule has 0 bridgehead atoms. The number of carbonyl (C=O) groups excluding carboxylic acids is 1. The molecule has 1 amide bonds. The van der Waals surface area contributed by atoms with Gasteiger partial charge >= 0.3 is 0 Å². The maximum atomic E-state index is 11.4. The smallest absolute Gasteiger partial charge is 0.219 e. The van der Waals surface area contributed by atoms with E-state index in [1.54, 1.807) is 0 Å². The maximum Gasteiger partial charge on any atom is 0.219 e. The fourth-order valence-corrected chi connectivity index (χ4v) is 1.71. The lowest BCUT2D eigenvalue weighted by atomic mass is 10.2. The van der Waals surface area contributed by atoms with E-state index in [1.165, 1.54) is 0 Å². The molecule has 0 aromatic carbocycles. The van der Waals surface area contributed by atoms with Gasteiger partial charge in [-0.3, -0.25) is 4.79 Å². The molecule has 0 saturated heterocycles. The van der Waals surface area contributed by atoms with Crippen LogP contribution >= 0.6 is 0 Å². The topological polar surface area (TPSA) is 56.8 Å². The standard InChI is InChI=1S/C16H33NO4/c1-3-5-6-8-16(18)17-9-7-11-20-13-15-21-14-12-19-10-4-2/h3-15H2,1-2H3,(H,17,18). The number of carbonyl (C=O) groups is 1. The molecule has 0 spiro atoms. The van der Waals surface area contributed by atoms with E-state index in [1.807, 2.05) is 0 Å². The first-order valence-corrected chi connectivity index (χ1v) is 8.31. The highest BCUT2D eigenvalue weighted by molar-refractivity contribution is 5.75. The lowest BCUT2D eigenvalue weighted by Crippen LogP contribution is -2.25. The quantitative estimate of drug-likeness (QED) is 0.445. The minimum Gasteiger partial charge on any atom is -0.379 e. The molecule has 0 fully saturated rings. The van der Waals surface area contributed by atoms with Gasteiger partial charge in [0.2, 0.25) is 5.91 Å². The monoisotopic (exact) mass is 303 g/mol. The molecule has 0 rings (SSSR count). The molecule has 0 radical (unpaired) electrons. The third-order valence-corrected chi connectivity index (χ3v) is 2.89. The number of ether oxygens (including phenoxy) is 3. The van der Waals surface area contributed by atoms with Crippen LogP contribution in [-0.2, 0) is 19.0 Å². The predicted octanol–water partition coefficient (Wildman–Crippen LogP) is 2.53. The van der Waals surface area contributed by atoms with Crippen molar-refractivity contribution in [2.75, 3.05) is 46.2 Å². The summed E-state index contributed by atoms with van der Waals surface area (Å²) in [5.41, 5.74) is 0. The highest BCUT2D eigenvalue weighted by Crippen LogP contribution is 1.98. The van der Waals surface area contributed by atoms with Crippen molar-refractivity contribution in [3.8, 4) is 0 Å². The van der Waals surface area contributed by atoms with E-state index in [4.69, 9.17) is 14.2 Å². The first-order chi connectivity index (χ1) is 10.3. The van der Waals surface area contributed by atoms with Crippen molar-refractivity contribution in [3.63, 3.8) is 0 Å². The van der Waals surface area contributed by atoms with Crippen molar-refractivity contribution in [3.05, 3.63) is 0 Å². The van der Waals surface area contributed by atoms with Crippen LogP contribution in [0.25, 0.3) is 0 Å². The van der Waals surface area contributed by atoms with Crippen LogP contribution in [0.15, 0.2) is 0 Å². The van der Waals surface area contributed by atoms with E-state index >= 15 is 0 Å². The first-order valence-electron chi connectivity index (χ1n) is 8.31. The molecule has 0 aromatic rings. The van der Waals surface area contributed by atoms with E-state index in [-0.39, 0.29) is 5.91 Å². The van der Waals surface area contributed by atoms with E-state index in [9.17, 15) is 4.79 Å². The van der Waals surface area contributed by atoms with Gasteiger partial charge in [-0.15, -0.1) is 0 Å². The summed E-state index contributed by atoms with van der Waals surface area (Å²) < 4.78 is 16.1. The summed E-state index contributed by atoms with van der Waals surface area (Å²) in [7, 11) is 0. The molecule has 1 N–H and O–H groups in total. The molecule has 0 aliphatic heterocycles. The van der Waals surface area contributed by atoms with Gasteiger partial charge in [0.1, 0.15) is 0 Å². The summed E-state index contributed by atoms with van der Waals surface area (Å²) >= 11 is 0. The Hall–Kier alpha value is -0.650. The number of nitrogens with one attached hydrogen (secondary N) is 1. The van der Waals surface area contributed by atoms with Crippen LogP contribution in [0.4, 0.5) is 0 Å². The fraction of sp³-hybridized carbons (Fsp3) is 0.938. The molecule has 0 unspecified atom stereocenters. The van der Waals surface area contributed by atoms with Crippen LogP contribution in [0.2, 0.25) is 0 Å². The number of hydrogen-bond acceptors (Lipinski definition) is 4. The van der Waals surface area contributed by atoms with E-state index in [2.05, 4.69) is 19.2 Å². The van der Waals surface area contributed by atoms with Crippen molar-refractivity contribution < 1.29 is 19.0 Å². The fourth-order valence-electron chi connectivity index (χ4n) is 1.71. The van der Waals surface area contributed by atoms with Crippen LogP contribution in [-0.4, -0.2) is 52.1 Å². The Kier molecular flexibility index (Phi) is 16.9. The average Bonchev–Trinajstić information content (AvgIpc) is 2.48. The number of amides is 1. The molecule has 21 heavy (non-hydrogen) atoms.